The largest absolute Gasteiger partial charge is 0.494 e. The minimum Gasteiger partial charge on any atom is -0.494 e. The van der Waals surface area contributed by atoms with Gasteiger partial charge in [0.1, 0.15) is 11.5 Å². The zero-order chi connectivity index (χ0) is 19.2. The fourth-order valence-electron chi connectivity index (χ4n) is 2.52. The number of carbonyl (C=O) groups excluding carboxylic acids is 1. The average molecular weight is 363 g/mol. The van der Waals surface area contributed by atoms with Gasteiger partial charge in [0, 0.05) is 22.6 Å². The summed E-state index contributed by atoms with van der Waals surface area (Å²) >= 11 is 0. The maximum Gasteiger partial charge on any atom is 0.322 e. The Morgan fingerprint density at radius 3 is 2.11 bits per heavy atom. The van der Waals surface area contributed by atoms with Crippen molar-refractivity contribution in [3.63, 3.8) is 0 Å². The standard InChI is InChI=1S/C21H21N3O3/c1-4-26-18-9-5-16(6-10-18)20(25)24-17-7-11-19(12-8-17)27-21-22-14(2)13-15(3)23-21/h5-13H,4H2,1-3H3,(H,24,25). The van der Waals surface area contributed by atoms with E-state index in [9.17, 15) is 4.79 Å². The van der Waals surface area contributed by atoms with Crippen LogP contribution in [0.3, 0.4) is 0 Å². The normalized spacial score (nSPS) is 10.3. The maximum atomic E-state index is 12.3. The lowest BCUT2D eigenvalue weighted by molar-refractivity contribution is 0.102. The van der Waals surface area contributed by atoms with Crippen LogP contribution >= 0.6 is 0 Å². The molecule has 1 heterocycles. The van der Waals surface area contributed by atoms with Gasteiger partial charge in [-0.05, 0) is 75.4 Å². The van der Waals surface area contributed by atoms with Crippen molar-refractivity contribution in [2.45, 2.75) is 20.8 Å². The summed E-state index contributed by atoms with van der Waals surface area (Å²) in [5, 5.41) is 2.85. The predicted molar refractivity (Wildman–Crippen MR) is 104 cm³/mol. The summed E-state index contributed by atoms with van der Waals surface area (Å²) in [6, 6.07) is 16.3. The van der Waals surface area contributed by atoms with Gasteiger partial charge in [-0.2, -0.15) is 0 Å². The van der Waals surface area contributed by atoms with E-state index in [2.05, 4.69) is 15.3 Å². The van der Waals surface area contributed by atoms with E-state index in [-0.39, 0.29) is 5.91 Å². The van der Waals surface area contributed by atoms with Crippen LogP contribution in [0.4, 0.5) is 5.69 Å². The molecule has 138 valence electrons. The number of ether oxygens (including phenoxy) is 2. The van der Waals surface area contributed by atoms with Gasteiger partial charge in [-0.1, -0.05) is 0 Å². The monoisotopic (exact) mass is 363 g/mol. The minimum absolute atomic E-state index is 0.190. The van der Waals surface area contributed by atoms with Crippen LogP contribution in [0.2, 0.25) is 0 Å². The van der Waals surface area contributed by atoms with Crippen molar-refractivity contribution in [2.24, 2.45) is 0 Å². The van der Waals surface area contributed by atoms with Gasteiger partial charge in [-0.3, -0.25) is 4.79 Å². The Balaban J connectivity index is 1.63. The highest BCUT2D eigenvalue weighted by Gasteiger charge is 2.07. The molecule has 0 fully saturated rings. The van der Waals surface area contributed by atoms with Crippen molar-refractivity contribution in [3.8, 4) is 17.5 Å². The van der Waals surface area contributed by atoms with E-state index in [4.69, 9.17) is 9.47 Å². The number of amides is 1. The second-order valence-corrected chi connectivity index (χ2v) is 5.97. The molecule has 0 aliphatic carbocycles. The van der Waals surface area contributed by atoms with Crippen LogP contribution in [0.1, 0.15) is 28.7 Å². The highest BCUT2D eigenvalue weighted by atomic mass is 16.5. The minimum atomic E-state index is -0.190. The molecule has 0 atom stereocenters. The van der Waals surface area contributed by atoms with E-state index in [0.717, 1.165) is 17.1 Å². The van der Waals surface area contributed by atoms with Gasteiger partial charge in [0.25, 0.3) is 5.91 Å². The topological polar surface area (TPSA) is 73.3 Å². The van der Waals surface area contributed by atoms with Crippen LogP contribution < -0.4 is 14.8 Å². The van der Waals surface area contributed by atoms with E-state index in [1.807, 2.05) is 26.8 Å². The molecule has 3 rings (SSSR count). The Morgan fingerprint density at radius 2 is 1.52 bits per heavy atom. The Labute approximate surface area is 158 Å². The van der Waals surface area contributed by atoms with Crippen LogP contribution in [0.15, 0.2) is 54.6 Å². The molecule has 0 aliphatic rings. The first-order chi connectivity index (χ1) is 13.0. The van der Waals surface area contributed by atoms with Crippen molar-refractivity contribution in [2.75, 3.05) is 11.9 Å². The van der Waals surface area contributed by atoms with Gasteiger partial charge in [0.15, 0.2) is 0 Å². The summed E-state index contributed by atoms with van der Waals surface area (Å²) in [7, 11) is 0. The number of hydrogen-bond donors (Lipinski definition) is 1. The van der Waals surface area contributed by atoms with Crippen molar-refractivity contribution in [3.05, 3.63) is 71.5 Å². The average Bonchev–Trinajstić information content (AvgIpc) is 2.63. The fraction of sp³-hybridized carbons (Fsp3) is 0.190. The number of rotatable bonds is 6. The third kappa shape index (κ3) is 5.04. The van der Waals surface area contributed by atoms with Crippen molar-refractivity contribution >= 4 is 11.6 Å². The molecule has 1 N–H and O–H groups in total. The second-order valence-electron chi connectivity index (χ2n) is 5.97. The number of aromatic nitrogens is 2. The number of nitrogens with zero attached hydrogens (tertiary/aromatic N) is 2. The molecule has 1 amide bonds. The van der Waals surface area contributed by atoms with E-state index in [1.54, 1.807) is 48.5 Å². The summed E-state index contributed by atoms with van der Waals surface area (Å²) in [6.07, 6.45) is 0. The van der Waals surface area contributed by atoms with E-state index in [0.29, 0.717) is 29.6 Å². The number of aryl methyl sites for hydroxylation is 2. The summed E-state index contributed by atoms with van der Waals surface area (Å²) < 4.78 is 11.1. The highest BCUT2D eigenvalue weighted by Crippen LogP contribution is 2.21. The second kappa shape index (κ2) is 8.31. The first-order valence-electron chi connectivity index (χ1n) is 8.68. The number of nitrogens with one attached hydrogen (secondary N) is 1. The van der Waals surface area contributed by atoms with Gasteiger partial charge in [0.05, 0.1) is 6.61 Å². The molecule has 0 saturated carbocycles. The third-order valence-corrected chi connectivity index (χ3v) is 3.71. The molecule has 0 bridgehead atoms. The van der Waals surface area contributed by atoms with Gasteiger partial charge in [-0.15, -0.1) is 0 Å². The lowest BCUT2D eigenvalue weighted by Crippen LogP contribution is -2.11. The van der Waals surface area contributed by atoms with Crippen molar-refractivity contribution < 1.29 is 14.3 Å². The molecule has 1 aromatic heterocycles. The number of benzene rings is 2. The smallest absolute Gasteiger partial charge is 0.322 e. The third-order valence-electron chi connectivity index (χ3n) is 3.71. The molecule has 0 radical (unpaired) electrons. The summed E-state index contributed by atoms with van der Waals surface area (Å²) in [5.74, 6) is 1.15. The maximum absolute atomic E-state index is 12.3. The summed E-state index contributed by atoms with van der Waals surface area (Å²) in [6.45, 7) is 6.29. The van der Waals surface area contributed by atoms with Crippen LogP contribution in [-0.2, 0) is 0 Å². The van der Waals surface area contributed by atoms with E-state index < -0.39 is 0 Å². The van der Waals surface area contributed by atoms with E-state index in [1.165, 1.54) is 0 Å². The Bertz CT molecular complexity index is 902. The van der Waals surface area contributed by atoms with Gasteiger partial charge < -0.3 is 14.8 Å². The molecule has 0 saturated heterocycles. The van der Waals surface area contributed by atoms with Crippen molar-refractivity contribution in [1.82, 2.24) is 9.97 Å². The number of hydrogen-bond acceptors (Lipinski definition) is 5. The molecule has 6 nitrogen and oxygen atoms in total. The zero-order valence-corrected chi connectivity index (χ0v) is 15.5. The number of carbonyl (C=O) groups is 1. The first-order valence-corrected chi connectivity index (χ1v) is 8.68. The molecule has 3 aromatic rings. The van der Waals surface area contributed by atoms with Gasteiger partial charge >= 0.3 is 6.01 Å². The van der Waals surface area contributed by atoms with Crippen LogP contribution in [-0.4, -0.2) is 22.5 Å². The Kier molecular flexibility index (Phi) is 5.66. The lowest BCUT2D eigenvalue weighted by Gasteiger charge is -2.08. The number of anilines is 1. The molecule has 6 heteroatoms. The predicted octanol–water partition coefficient (Wildman–Crippen LogP) is 4.54. The van der Waals surface area contributed by atoms with Crippen molar-refractivity contribution in [1.29, 1.82) is 0 Å². The first kappa shape index (κ1) is 18.4. The molecule has 0 spiro atoms. The molecule has 0 aliphatic heterocycles. The van der Waals surface area contributed by atoms with Crippen LogP contribution in [0, 0.1) is 13.8 Å². The van der Waals surface area contributed by atoms with E-state index >= 15 is 0 Å². The quantitative estimate of drug-likeness (QED) is 0.696. The van der Waals surface area contributed by atoms with Crippen LogP contribution in [0.25, 0.3) is 0 Å². The fourth-order valence-corrected chi connectivity index (χ4v) is 2.52. The molecule has 27 heavy (non-hydrogen) atoms. The van der Waals surface area contributed by atoms with Crippen LogP contribution in [0.5, 0.6) is 17.5 Å². The SMILES string of the molecule is CCOc1ccc(C(=O)Nc2ccc(Oc3nc(C)cc(C)n3)cc2)cc1. The molecule has 2 aromatic carbocycles. The molecule has 0 unspecified atom stereocenters. The Morgan fingerprint density at radius 1 is 0.926 bits per heavy atom. The zero-order valence-electron chi connectivity index (χ0n) is 15.5. The Hall–Kier alpha value is -3.41. The molecular formula is C21H21N3O3. The summed E-state index contributed by atoms with van der Waals surface area (Å²) in [4.78, 5) is 20.8. The summed E-state index contributed by atoms with van der Waals surface area (Å²) in [5.41, 5.74) is 2.92. The molecular weight excluding hydrogens is 342 g/mol. The lowest BCUT2D eigenvalue weighted by atomic mass is 10.2. The highest BCUT2D eigenvalue weighted by molar-refractivity contribution is 6.04. The van der Waals surface area contributed by atoms with Gasteiger partial charge in [-0.25, -0.2) is 9.97 Å². The van der Waals surface area contributed by atoms with Gasteiger partial charge in [0.2, 0.25) is 0 Å².